The normalized spacial score (nSPS) is 12.0. The van der Waals surface area contributed by atoms with Crippen LogP contribution in [0, 0.1) is 0 Å². The first kappa shape index (κ1) is 14.4. The summed E-state index contributed by atoms with van der Waals surface area (Å²) < 4.78 is 37.2. The fourth-order valence-electron chi connectivity index (χ4n) is 1.28. The van der Waals surface area contributed by atoms with Gasteiger partial charge in [0.25, 0.3) is 0 Å². The van der Waals surface area contributed by atoms with E-state index in [1.165, 1.54) is 0 Å². The lowest BCUT2D eigenvalue weighted by Crippen LogP contribution is -2.13. The predicted octanol–water partition coefficient (Wildman–Crippen LogP) is 2.64. The standard InChI is InChI=1S/C10H16F3N3S/c1-2-3-14-6-9-7-15-16(8-9)4-5-17-10(11,12)13/h7-8,14H,2-6H2,1H3. The van der Waals surface area contributed by atoms with Crippen LogP contribution in [0.1, 0.15) is 18.9 Å². The second-order valence-corrected chi connectivity index (χ2v) is 4.74. The third-order valence-electron chi connectivity index (χ3n) is 2.03. The van der Waals surface area contributed by atoms with Crippen LogP contribution in [0.4, 0.5) is 13.2 Å². The van der Waals surface area contributed by atoms with Crippen molar-refractivity contribution >= 4 is 11.8 Å². The molecule has 0 atom stereocenters. The molecule has 0 aliphatic rings. The summed E-state index contributed by atoms with van der Waals surface area (Å²) >= 11 is -0.0173. The fourth-order valence-corrected chi connectivity index (χ4v) is 1.79. The van der Waals surface area contributed by atoms with Gasteiger partial charge in [0, 0.05) is 24.1 Å². The van der Waals surface area contributed by atoms with Crippen molar-refractivity contribution in [1.29, 1.82) is 0 Å². The SMILES string of the molecule is CCCNCc1cnn(CCSC(F)(F)F)c1. The van der Waals surface area contributed by atoms with Gasteiger partial charge in [0.15, 0.2) is 0 Å². The average molecular weight is 267 g/mol. The van der Waals surface area contributed by atoms with Gasteiger partial charge in [-0.15, -0.1) is 0 Å². The van der Waals surface area contributed by atoms with E-state index in [2.05, 4.69) is 17.3 Å². The summed E-state index contributed by atoms with van der Waals surface area (Å²) in [6.45, 7) is 3.98. The lowest BCUT2D eigenvalue weighted by Gasteiger charge is -2.05. The molecule has 17 heavy (non-hydrogen) atoms. The Morgan fingerprint density at radius 3 is 2.88 bits per heavy atom. The van der Waals surface area contributed by atoms with Crippen molar-refractivity contribution in [3.05, 3.63) is 18.0 Å². The summed E-state index contributed by atoms with van der Waals surface area (Å²) in [5, 5.41) is 7.22. The summed E-state index contributed by atoms with van der Waals surface area (Å²) in [5.74, 6) is -0.00694. The largest absolute Gasteiger partial charge is 0.441 e. The van der Waals surface area contributed by atoms with Crippen LogP contribution in [0.3, 0.4) is 0 Å². The smallest absolute Gasteiger partial charge is 0.313 e. The molecule has 0 spiro atoms. The highest BCUT2D eigenvalue weighted by Gasteiger charge is 2.27. The van der Waals surface area contributed by atoms with Gasteiger partial charge in [-0.2, -0.15) is 18.3 Å². The Labute approximate surface area is 103 Å². The highest BCUT2D eigenvalue weighted by Crippen LogP contribution is 2.29. The van der Waals surface area contributed by atoms with E-state index in [1.807, 2.05) is 0 Å². The van der Waals surface area contributed by atoms with E-state index in [0.717, 1.165) is 18.5 Å². The van der Waals surface area contributed by atoms with Crippen molar-refractivity contribution in [1.82, 2.24) is 15.1 Å². The van der Waals surface area contributed by atoms with Gasteiger partial charge >= 0.3 is 5.51 Å². The zero-order valence-corrected chi connectivity index (χ0v) is 10.4. The molecule has 0 amide bonds. The fraction of sp³-hybridized carbons (Fsp3) is 0.700. The highest BCUT2D eigenvalue weighted by atomic mass is 32.2. The second-order valence-electron chi connectivity index (χ2n) is 3.58. The minimum absolute atomic E-state index is 0.00694. The number of rotatable bonds is 7. The summed E-state index contributed by atoms with van der Waals surface area (Å²) in [6, 6.07) is 0. The first-order chi connectivity index (χ1) is 8.01. The van der Waals surface area contributed by atoms with Gasteiger partial charge in [0.1, 0.15) is 0 Å². The van der Waals surface area contributed by atoms with Gasteiger partial charge in [-0.1, -0.05) is 6.92 Å². The molecule has 1 aromatic rings. The van der Waals surface area contributed by atoms with Gasteiger partial charge in [0.2, 0.25) is 0 Å². The van der Waals surface area contributed by atoms with E-state index in [0.29, 0.717) is 6.54 Å². The number of hydrogen-bond acceptors (Lipinski definition) is 3. The molecule has 0 aromatic carbocycles. The van der Waals surface area contributed by atoms with Crippen molar-refractivity contribution in [3.63, 3.8) is 0 Å². The molecule has 98 valence electrons. The molecule has 1 N–H and O–H groups in total. The van der Waals surface area contributed by atoms with Crippen molar-refractivity contribution < 1.29 is 13.2 Å². The zero-order valence-electron chi connectivity index (χ0n) is 9.63. The van der Waals surface area contributed by atoms with Crippen LogP contribution in [0.25, 0.3) is 0 Å². The Kier molecular flexibility index (Phi) is 5.84. The number of alkyl halides is 3. The molecule has 1 aromatic heterocycles. The number of nitrogens with zero attached hydrogens (tertiary/aromatic N) is 2. The van der Waals surface area contributed by atoms with E-state index >= 15 is 0 Å². The van der Waals surface area contributed by atoms with Crippen LogP contribution < -0.4 is 5.32 Å². The molecule has 7 heteroatoms. The summed E-state index contributed by atoms with van der Waals surface area (Å²) in [4.78, 5) is 0. The molecule has 0 saturated heterocycles. The van der Waals surface area contributed by atoms with E-state index in [1.54, 1.807) is 17.1 Å². The Morgan fingerprint density at radius 1 is 1.47 bits per heavy atom. The van der Waals surface area contributed by atoms with E-state index in [4.69, 9.17) is 0 Å². The van der Waals surface area contributed by atoms with Gasteiger partial charge in [-0.05, 0) is 24.7 Å². The van der Waals surface area contributed by atoms with Crippen LogP contribution in [-0.4, -0.2) is 27.6 Å². The molecule has 0 unspecified atom stereocenters. The number of halogens is 3. The van der Waals surface area contributed by atoms with E-state index in [-0.39, 0.29) is 24.1 Å². The van der Waals surface area contributed by atoms with Gasteiger partial charge in [0.05, 0.1) is 12.7 Å². The minimum Gasteiger partial charge on any atom is -0.313 e. The molecule has 0 bridgehead atoms. The third-order valence-corrected chi connectivity index (χ3v) is 2.74. The van der Waals surface area contributed by atoms with Gasteiger partial charge in [-0.3, -0.25) is 4.68 Å². The predicted molar refractivity (Wildman–Crippen MR) is 62.7 cm³/mol. The van der Waals surface area contributed by atoms with Crippen LogP contribution in [0.2, 0.25) is 0 Å². The van der Waals surface area contributed by atoms with E-state index < -0.39 is 5.51 Å². The molecule has 0 aliphatic heterocycles. The number of aromatic nitrogens is 2. The van der Waals surface area contributed by atoms with Crippen molar-refractivity contribution in [3.8, 4) is 0 Å². The van der Waals surface area contributed by atoms with Gasteiger partial charge in [-0.25, -0.2) is 0 Å². The first-order valence-corrected chi connectivity index (χ1v) is 6.42. The first-order valence-electron chi connectivity index (χ1n) is 5.44. The Hall–Kier alpha value is -0.690. The van der Waals surface area contributed by atoms with Crippen LogP contribution in [-0.2, 0) is 13.1 Å². The Balaban J connectivity index is 2.26. The number of thioether (sulfide) groups is 1. The van der Waals surface area contributed by atoms with Gasteiger partial charge < -0.3 is 5.32 Å². The topological polar surface area (TPSA) is 29.9 Å². The molecule has 1 rings (SSSR count). The van der Waals surface area contributed by atoms with Crippen LogP contribution in [0.15, 0.2) is 12.4 Å². The van der Waals surface area contributed by atoms with E-state index in [9.17, 15) is 13.2 Å². The molecule has 0 fully saturated rings. The second kappa shape index (κ2) is 6.90. The molecule has 0 saturated carbocycles. The summed E-state index contributed by atoms with van der Waals surface area (Å²) in [7, 11) is 0. The number of hydrogen-bond donors (Lipinski definition) is 1. The molecule has 0 aliphatic carbocycles. The molecular formula is C10H16F3N3S. The molecular weight excluding hydrogens is 251 g/mol. The lowest BCUT2D eigenvalue weighted by atomic mass is 10.3. The van der Waals surface area contributed by atoms with Crippen molar-refractivity contribution in [2.75, 3.05) is 12.3 Å². The third kappa shape index (κ3) is 6.58. The summed E-state index contributed by atoms with van der Waals surface area (Å²) in [6.07, 6.45) is 4.51. The Morgan fingerprint density at radius 2 is 2.24 bits per heavy atom. The summed E-state index contributed by atoms with van der Waals surface area (Å²) in [5.41, 5.74) is -3.16. The maximum Gasteiger partial charge on any atom is 0.441 e. The zero-order chi connectivity index (χ0) is 12.7. The van der Waals surface area contributed by atoms with Crippen molar-refractivity contribution in [2.24, 2.45) is 0 Å². The average Bonchev–Trinajstić information content (AvgIpc) is 2.64. The molecule has 0 radical (unpaired) electrons. The van der Waals surface area contributed by atoms with Crippen molar-refractivity contribution in [2.45, 2.75) is 31.9 Å². The monoisotopic (exact) mass is 267 g/mol. The number of nitrogens with one attached hydrogen (secondary N) is 1. The quantitative estimate of drug-likeness (QED) is 0.770. The van der Waals surface area contributed by atoms with Crippen LogP contribution in [0.5, 0.6) is 0 Å². The minimum atomic E-state index is -4.15. The molecule has 1 heterocycles. The molecule has 3 nitrogen and oxygen atoms in total. The number of aryl methyl sites for hydroxylation is 1. The lowest BCUT2D eigenvalue weighted by molar-refractivity contribution is -0.0328. The maximum atomic E-state index is 11.9. The maximum absolute atomic E-state index is 11.9. The van der Waals surface area contributed by atoms with Crippen LogP contribution >= 0.6 is 11.8 Å². The Bertz CT molecular complexity index is 325. The highest BCUT2D eigenvalue weighted by molar-refractivity contribution is 8.00.